The van der Waals surface area contributed by atoms with Gasteiger partial charge in [0.2, 0.25) is 5.91 Å². The molecule has 0 unspecified atom stereocenters. The zero-order chi connectivity index (χ0) is 21.6. The molecule has 1 atom stereocenters. The number of carbonyl (C=O) groups is 2. The Morgan fingerprint density at radius 1 is 1.03 bits per heavy atom. The first kappa shape index (κ1) is 19.9. The van der Waals surface area contributed by atoms with E-state index >= 15 is 0 Å². The van der Waals surface area contributed by atoms with E-state index in [2.05, 4.69) is 0 Å². The van der Waals surface area contributed by atoms with Crippen LogP contribution < -0.4 is 4.90 Å². The molecule has 0 saturated heterocycles. The zero-order valence-corrected chi connectivity index (χ0v) is 16.7. The first-order valence-electron chi connectivity index (χ1n) is 9.75. The first-order valence-corrected chi connectivity index (χ1v) is 9.75. The molecule has 2 aromatic carbocycles. The lowest BCUT2D eigenvalue weighted by atomic mass is 9.69. The standard InChI is InChI=1S/C23H21FN2O4/c1-23(2)12-19-22(20(27)13-23)18(14-3-7-17(8-4-14)26(29)30)11-21(28)25(19)16-9-5-15(24)6-10-16/h3-10,18H,11-13H2,1-2H3/t18-/m0/s1. The Morgan fingerprint density at radius 3 is 2.27 bits per heavy atom. The highest BCUT2D eigenvalue weighted by molar-refractivity contribution is 6.07. The van der Waals surface area contributed by atoms with Gasteiger partial charge in [-0.3, -0.25) is 24.6 Å². The fourth-order valence-electron chi connectivity index (χ4n) is 4.42. The van der Waals surface area contributed by atoms with Crippen LogP contribution in [0.3, 0.4) is 0 Å². The number of nitro groups is 1. The third kappa shape index (κ3) is 3.51. The molecule has 4 rings (SSSR count). The largest absolute Gasteiger partial charge is 0.294 e. The predicted molar refractivity (Wildman–Crippen MR) is 109 cm³/mol. The quantitative estimate of drug-likeness (QED) is 0.535. The fraction of sp³-hybridized carbons (Fsp3) is 0.304. The van der Waals surface area contributed by atoms with Crippen LogP contribution in [0.1, 0.15) is 44.6 Å². The van der Waals surface area contributed by atoms with Gasteiger partial charge in [-0.15, -0.1) is 0 Å². The molecule has 2 aliphatic rings. The number of hydrogen-bond acceptors (Lipinski definition) is 4. The zero-order valence-electron chi connectivity index (χ0n) is 16.7. The van der Waals surface area contributed by atoms with Crippen LogP contribution in [0.15, 0.2) is 59.8 Å². The predicted octanol–water partition coefficient (Wildman–Crippen LogP) is 4.90. The molecular formula is C23H21FN2O4. The van der Waals surface area contributed by atoms with Crippen molar-refractivity contribution in [2.24, 2.45) is 5.41 Å². The Bertz CT molecular complexity index is 1070. The molecule has 6 nitrogen and oxygen atoms in total. The molecule has 0 spiro atoms. The third-order valence-electron chi connectivity index (χ3n) is 5.73. The average molecular weight is 408 g/mol. The highest BCUT2D eigenvalue weighted by Gasteiger charge is 2.44. The van der Waals surface area contributed by atoms with Crippen LogP contribution in [0.2, 0.25) is 0 Å². The number of anilines is 1. The summed E-state index contributed by atoms with van der Waals surface area (Å²) in [6.07, 6.45) is 0.960. The van der Waals surface area contributed by atoms with Crippen molar-refractivity contribution in [3.8, 4) is 0 Å². The molecule has 1 heterocycles. The summed E-state index contributed by atoms with van der Waals surface area (Å²) < 4.78 is 13.4. The fourth-order valence-corrected chi connectivity index (χ4v) is 4.42. The summed E-state index contributed by atoms with van der Waals surface area (Å²) in [7, 11) is 0. The maximum absolute atomic E-state index is 13.4. The molecule has 0 bridgehead atoms. The van der Waals surface area contributed by atoms with Gasteiger partial charge in [0.1, 0.15) is 5.82 Å². The van der Waals surface area contributed by atoms with Crippen molar-refractivity contribution in [1.29, 1.82) is 0 Å². The van der Waals surface area contributed by atoms with Crippen molar-refractivity contribution in [2.45, 2.75) is 39.0 Å². The molecule has 7 heteroatoms. The number of Topliss-reactive ketones (excluding diaryl/α,β-unsaturated/α-hetero) is 1. The normalized spacial score (nSPS) is 20.9. The van der Waals surface area contributed by atoms with E-state index in [0.29, 0.717) is 35.4 Å². The van der Waals surface area contributed by atoms with E-state index in [1.807, 2.05) is 13.8 Å². The van der Waals surface area contributed by atoms with Crippen LogP contribution in [0.25, 0.3) is 0 Å². The summed E-state index contributed by atoms with van der Waals surface area (Å²) in [6, 6.07) is 11.7. The van der Waals surface area contributed by atoms with E-state index in [9.17, 15) is 24.1 Å². The summed E-state index contributed by atoms with van der Waals surface area (Å²) >= 11 is 0. The molecule has 1 aliphatic heterocycles. The van der Waals surface area contributed by atoms with Crippen LogP contribution in [0.4, 0.5) is 15.8 Å². The number of halogens is 1. The number of nitrogens with zero attached hydrogens (tertiary/aromatic N) is 2. The number of non-ortho nitro benzene ring substituents is 1. The second-order valence-corrected chi connectivity index (χ2v) is 8.61. The molecule has 0 aromatic heterocycles. The highest BCUT2D eigenvalue weighted by atomic mass is 19.1. The number of rotatable bonds is 3. The van der Waals surface area contributed by atoms with E-state index < -0.39 is 16.7 Å². The Morgan fingerprint density at radius 2 is 1.67 bits per heavy atom. The Hall–Kier alpha value is -3.35. The number of amides is 1. The highest BCUT2D eigenvalue weighted by Crippen LogP contribution is 2.48. The van der Waals surface area contributed by atoms with Gasteiger partial charge in [-0.2, -0.15) is 0 Å². The molecular weight excluding hydrogens is 387 g/mol. The summed E-state index contributed by atoms with van der Waals surface area (Å²) in [5.74, 6) is -1.06. The van der Waals surface area contributed by atoms with Crippen LogP contribution >= 0.6 is 0 Å². The lowest BCUT2D eigenvalue weighted by molar-refractivity contribution is -0.384. The molecule has 0 saturated carbocycles. The smallest absolute Gasteiger partial charge is 0.269 e. The van der Waals surface area contributed by atoms with Crippen LogP contribution in [-0.4, -0.2) is 16.6 Å². The lowest BCUT2D eigenvalue weighted by Gasteiger charge is -2.43. The molecule has 1 aliphatic carbocycles. The van der Waals surface area contributed by atoms with E-state index in [-0.39, 0.29) is 29.2 Å². The van der Waals surface area contributed by atoms with Gasteiger partial charge < -0.3 is 0 Å². The second-order valence-electron chi connectivity index (χ2n) is 8.61. The van der Waals surface area contributed by atoms with Crippen LogP contribution in [-0.2, 0) is 9.59 Å². The molecule has 0 fully saturated rings. The number of carbonyl (C=O) groups excluding carboxylic acids is 2. The molecule has 1 amide bonds. The second kappa shape index (κ2) is 7.16. The molecule has 0 radical (unpaired) electrons. The van der Waals surface area contributed by atoms with Gasteiger partial charge in [0, 0.05) is 47.8 Å². The minimum atomic E-state index is -0.481. The molecule has 0 N–H and O–H groups in total. The summed E-state index contributed by atoms with van der Waals surface area (Å²) in [5, 5.41) is 11.0. The van der Waals surface area contributed by atoms with Crippen molar-refractivity contribution in [3.63, 3.8) is 0 Å². The van der Waals surface area contributed by atoms with Gasteiger partial charge in [0.25, 0.3) is 5.69 Å². The number of nitro benzene ring substituents is 1. The maximum Gasteiger partial charge on any atom is 0.269 e. The summed E-state index contributed by atoms with van der Waals surface area (Å²) in [6.45, 7) is 3.97. The Balaban J connectivity index is 1.85. The van der Waals surface area contributed by atoms with Gasteiger partial charge in [-0.1, -0.05) is 26.0 Å². The van der Waals surface area contributed by atoms with Gasteiger partial charge >= 0.3 is 0 Å². The maximum atomic E-state index is 13.4. The number of hydrogen-bond donors (Lipinski definition) is 0. The van der Waals surface area contributed by atoms with Gasteiger partial charge in [0.15, 0.2) is 5.78 Å². The van der Waals surface area contributed by atoms with Crippen molar-refractivity contribution < 1.29 is 18.9 Å². The van der Waals surface area contributed by atoms with Crippen molar-refractivity contribution in [2.75, 3.05) is 4.90 Å². The topological polar surface area (TPSA) is 80.5 Å². The van der Waals surface area contributed by atoms with Gasteiger partial charge in [-0.05, 0) is 41.7 Å². The monoisotopic (exact) mass is 408 g/mol. The molecule has 2 aromatic rings. The van der Waals surface area contributed by atoms with E-state index in [0.717, 1.165) is 0 Å². The van der Waals surface area contributed by atoms with Crippen LogP contribution in [0, 0.1) is 21.3 Å². The number of allylic oxidation sites excluding steroid dienone is 2. The van der Waals surface area contributed by atoms with Crippen molar-refractivity contribution in [3.05, 3.63) is 81.3 Å². The average Bonchev–Trinajstić information content (AvgIpc) is 2.67. The summed E-state index contributed by atoms with van der Waals surface area (Å²) in [5.41, 5.74) is 2.09. The van der Waals surface area contributed by atoms with Gasteiger partial charge in [0.05, 0.1) is 4.92 Å². The first-order chi connectivity index (χ1) is 14.2. The molecule has 154 valence electrons. The van der Waals surface area contributed by atoms with Gasteiger partial charge in [-0.25, -0.2) is 4.39 Å². The Labute approximate surface area is 173 Å². The number of benzene rings is 2. The summed E-state index contributed by atoms with van der Waals surface area (Å²) in [4.78, 5) is 38.4. The minimum Gasteiger partial charge on any atom is -0.294 e. The number of ketones is 1. The van der Waals surface area contributed by atoms with Crippen LogP contribution in [0.5, 0.6) is 0 Å². The lowest BCUT2D eigenvalue weighted by Crippen LogP contribution is -2.43. The SMILES string of the molecule is CC1(C)CC(=O)C2=C(C1)N(c1ccc(F)cc1)C(=O)C[C@H]2c1ccc([N+](=O)[O-])cc1. The van der Waals surface area contributed by atoms with Crippen molar-refractivity contribution in [1.82, 2.24) is 0 Å². The Kier molecular flexibility index (Phi) is 4.76. The minimum absolute atomic E-state index is 0.0239. The van der Waals surface area contributed by atoms with E-state index in [1.165, 1.54) is 41.3 Å². The molecule has 30 heavy (non-hydrogen) atoms. The van der Waals surface area contributed by atoms with E-state index in [1.54, 1.807) is 12.1 Å². The van der Waals surface area contributed by atoms with Crippen molar-refractivity contribution >= 4 is 23.1 Å². The van der Waals surface area contributed by atoms with E-state index in [4.69, 9.17) is 0 Å². The third-order valence-corrected chi connectivity index (χ3v) is 5.73.